The number of aromatic nitrogens is 2. The predicted octanol–water partition coefficient (Wildman–Crippen LogP) is 3.55. The van der Waals surface area contributed by atoms with E-state index in [0.29, 0.717) is 27.4 Å². The predicted molar refractivity (Wildman–Crippen MR) is 73.9 cm³/mol. The molecule has 1 aliphatic rings. The fourth-order valence-electron chi connectivity index (χ4n) is 2.41. The van der Waals surface area contributed by atoms with Gasteiger partial charge in [0, 0.05) is 5.92 Å². The maximum absolute atomic E-state index is 11.0. The van der Waals surface area contributed by atoms with Gasteiger partial charge in [0.15, 0.2) is 0 Å². The third-order valence-electron chi connectivity index (χ3n) is 3.55. The number of fused-ring (bicyclic) bond motifs is 1. The molecule has 2 unspecified atom stereocenters. The lowest BCUT2D eigenvalue weighted by Crippen LogP contribution is -2.11. The Kier molecular flexibility index (Phi) is 2.95. The van der Waals surface area contributed by atoms with Gasteiger partial charge in [-0.15, -0.1) is 0 Å². The zero-order chi connectivity index (χ0) is 13.7. The van der Waals surface area contributed by atoms with Crippen LogP contribution in [0.2, 0.25) is 10.0 Å². The average Bonchev–Trinajstić information content (AvgIpc) is 2.95. The number of hydrogen-bond acceptors (Lipinski definition) is 2. The summed E-state index contributed by atoms with van der Waals surface area (Å²) in [7, 11) is 0. The largest absolute Gasteiger partial charge is 0.480 e. The van der Waals surface area contributed by atoms with Gasteiger partial charge in [-0.25, -0.2) is 4.98 Å². The van der Waals surface area contributed by atoms with Crippen molar-refractivity contribution in [3.8, 4) is 0 Å². The van der Waals surface area contributed by atoms with E-state index in [2.05, 4.69) is 11.9 Å². The molecule has 0 spiro atoms. The van der Waals surface area contributed by atoms with Gasteiger partial charge < -0.3 is 9.67 Å². The fraction of sp³-hybridized carbons (Fsp3) is 0.385. The first-order valence-corrected chi connectivity index (χ1v) is 6.80. The summed E-state index contributed by atoms with van der Waals surface area (Å²) in [6.45, 7) is 2.03. The highest BCUT2D eigenvalue weighted by atomic mass is 35.5. The molecule has 6 heteroatoms. The molecule has 1 N–H and O–H groups in total. The van der Waals surface area contributed by atoms with Crippen molar-refractivity contribution < 1.29 is 9.90 Å². The molecule has 1 aromatic heterocycles. The van der Waals surface area contributed by atoms with Gasteiger partial charge in [-0.3, -0.25) is 4.79 Å². The topological polar surface area (TPSA) is 55.1 Å². The van der Waals surface area contributed by atoms with Gasteiger partial charge in [-0.05, 0) is 24.5 Å². The molecule has 0 radical (unpaired) electrons. The number of carboxylic acid groups (broad SMARTS) is 1. The van der Waals surface area contributed by atoms with Gasteiger partial charge in [-0.2, -0.15) is 0 Å². The van der Waals surface area contributed by atoms with Gasteiger partial charge in [-0.1, -0.05) is 30.1 Å². The van der Waals surface area contributed by atoms with E-state index in [0.717, 1.165) is 17.8 Å². The molecule has 0 saturated heterocycles. The van der Waals surface area contributed by atoms with Crippen LogP contribution in [0.4, 0.5) is 0 Å². The van der Waals surface area contributed by atoms with Crippen molar-refractivity contribution in [2.24, 2.45) is 5.92 Å². The summed E-state index contributed by atoms with van der Waals surface area (Å²) in [5.41, 5.74) is 1.43. The van der Waals surface area contributed by atoms with Crippen molar-refractivity contribution >= 4 is 40.2 Å². The molecule has 19 heavy (non-hydrogen) atoms. The first-order valence-electron chi connectivity index (χ1n) is 6.04. The number of nitrogens with zero attached hydrogens (tertiary/aromatic N) is 2. The van der Waals surface area contributed by atoms with E-state index in [-0.39, 0.29) is 6.54 Å². The Morgan fingerprint density at radius 3 is 2.68 bits per heavy atom. The normalized spacial score (nSPS) is 21.8. The van der Waals surface area contributed by atoms with E-state index in [4.69, 9.17) is 28.3 Å². The summed E-state index contributed by atoms with van der Waals surface area (Å²) in [6.07, 6.45) is 1.05. The molecule has 1 aromatic carbocycles. The van der Waals surface area contributed by atoms with Crippen molar-refractivity contribution in [2.75, 3.05) is 0 Å². The second-order valence-corrected chi connectivity index (χ2v) is 5.84. The summed E-state index contributed by atoms with van der Waals surface area (Å²) >= 11 is 12.0. The highest BCUT2D eigenvalue weighted by Gasteiger charge is 2.38. The lowest BCUT2D eigenvalue weighted by atomic mass is 10.3. The molecule has 1 fully saturated rings. The number of carboxylic acids is 1. The van der Waals surface area contributed by atoms with Crippen LogP contribution in [0.15, 0.2) is 12.1 Å². The van der Waals surface area contributed by atoms with E-state index in [1.165, 1.54) is 0 Å². The second kappa shape index (κ2) is 4.39. The molecule has 4 nitrogen and oxygen atoms in total. The molecular weight excluding hydrogens is 287 g/mol. The minimum atomic E-state index is -0.889. The maximum atomic E-state index is 11.0. The zero-order valence-electron chi connectivity index (χ0n) is 10.2. The van der Waals surface area contributed by atoms with Crippen LogP contribution in [0, 0.1) is 5.92 Å². The van der Waals surface area contributed by atoms with Crippen LogP contribution in [-0.2, 0) is 11.3 Å². The van der Waals surface area contributed by atoms with Crippen molar-refractivity contribution in [3.63, 3.8) is 0 Å². The summed E-state index contributed by atoms with van der Waals surface area (Å²) in [5, 5.41) is 9.90. The number of halogens is 2. The third-order valence-corrected chi connectivity index (χ3v) is 4.28. The first kappa shape index (κ1) is 12.8. The minimum absolute atomic E-state index is 0.104. The Morgan fingerprint density at radius 2 is 2.11 bits per heavy atom. The number of rotatable bonds is 3. The molecular formula is C13H12Cl2N2O2. The summed E-state index contributed by atoms with van der Waals surface area (Å²) in [5.74, 6) is 0.822. The van der Waals surface area contributed by atoms with Crippen LogP contribution in [0.1, 0.15) is 25.1 Å². The van der Waals surface area contributed by atoms with Gasteiger partial charge in [0.25, 0.3) is 0 Å². The van der Waals surface area contributed by atoms with Crippen LogP contribution >= 0.6 is 23.2 Å². The summed E-state index contributed by atoms with van der Waals surface area (Å²) < 4.78 is 1.73. The molecule has 3 rings (SSSR count). The van der Waals surface area contributed by atoms with Gasteiger partial charge in [0.05, 0.1) is 21.1 Å². The molecule has 2 atom stereocenters. The molecule has 100 valence electrons. The fourth-order valence-corrected chi connectivity index (χ4v) is 2.72. The van der Waals surface area contributed by atoms with Crippen LogP contribution in [0.25, 0.3) is 11.0 Å². The molecule has 0 aliphatic heterocycles. The lowest BCUT2D eigenvalue weighted by molar-refractivity contribution is -0.137. The zero-order valence-corrected chi connectivity index (χ0v) is 11.7. The molecule has 0 amide bonds. The standard InChI is InChI=1S/C13H12Cl2N2O2/c1-6-2-7(6)13-16-10-3-8(14)9(15)4-11(10)17(13)5-12(18)19/h3-4,6-7H,2,5H2,1H3,(H,18,19). The number of hydrogen-bond donors (Lipinski definition) is 1. The van der Waals surface area contributed by atoms with Crippen LogP contribution in [-0.4, -0.2) is 20.6 Å². The van der Waals surface area contributed by atoms with Crippen LogP contribution < -0.4 is 0 Å². The molecule has 1 heterocycles. The Labute approximate surface area is 119 Å². The van der Waals surface area contributed by atoms with E-state index < -0.39 is 5.97 Å². The summed E-state index contributed by atoms with van der Waals surface area (Å²) in [6, 6.07) is 3.37. The van der Waals surface area contributed by atoms with Gasteiger partial charge in [0.1, 0.15) is 12.4 Å². The monoisotopic (exact) mass is 298 g/mol. The smallest absolute Gasteiger partial charge is 0.323 e. The number of imidazole rings is 1. The Morgan fingerprint density at radius 1 is 1.47 bits per heavy atom. The second-order valence-electron chi connectivity index (χ2n) is 5.02. The van der Waals surface area contributed by atoms with Crippen molar-refractivity contribution in [1.29, 1.82) is 0 Å². The Bertz CT molecular complexity index is 681. The van der Waals surface area contributed by atoms with Crippen LogP contribution in [0.5, 0.6) is 0 Å². The SMILES string of the molecule is CC1CC1c1nc2cc(Cl)c(Cl)cc2n1CC(=O)O. The van der Waals surface area contributed by atoms with Crippen LogP contribution in [0.3, 0.4) is 0 Å². The Hall–Kier alpha value is -1.26. The molecule has 1 saturated carbocycles. The minimum Gasteiger partial charge on any atom is -0.480 e. The average molecular weight is 299 g/mol. The Balaban J connectivity index is 2.20. The highest BCUT2D eigenvalue weighted by molar-refractivity contribution is 6.42. The highest BCUT2D eigenvalue weighted by Crippen LogP contribution is 2.47. The molecule has 2 aromatic rings. The number of aliphatic carboxylic acids is 1. The first-order chi connectivity index (χ1) is 8.97. The lowest BCUT2D eigenvalue weighted by Gasteiger charge is -2.06. The quantitative estimate of drug-likeness (QED) is 0.943. The van der Waals surface area contributed by atoms with E-state index >= 15 is 0 Å². The van der Waals surface area contributed by atoms with Gasteiger partial charge in [0.2, 0.25) is 0 Å². The number of benzene rings is 1. The maximum Gasteiger partial charge on any atom is 0.323 e. The van der Waals surface area contributed by atoms with Crippen molar-refractivity contribution in [2.45, 2.75) is 25.8 Å². The van der Waals surface area contributed by atoms with Crippen molar-refractivity contribution in [1.82, 2.24) is 9.55 Å². The van der Waals surface area contributed by atoms with E-state index in [1.54, 1.807) is 16.7 Å². The van der Waals surface area contributed by atoms with E-state index in [9.17, 15) is 4.79 Å². The third kappa shape index (κ3) is 2.19. The summed E-state index contributed by atoms with van der Waals surface area (Å²) in [4.78, 5) is 15.6. The van der Waals surface area contributed by atoms with Crippen molar-refractivity contribution in [3.05, 3.63) is 28.0 Å². The molecule has 1 aliphatic carbocycles. The molecule has 0 bridgehead atoms. The van der Waals surface area contributed by atoms with Gasteiger partial charge >= 0.3 is 5.97 Å². The van der Waals surface area contributed by atoms with E-state index in [1.807, 2.05) is 0 Å². The number of carbonyl (C=O) groups is 1.